The van der Waals surface area contributed by atoms with E-state index in [0.29, 0.717) is 17.5 Å². The van der Waals surface area contributed by atoms with Gasteiger partial charge in [0.15, 0.2) is 0 Å². The number of nitriles is 1. The summed E-state index contributed by atoms with van der Waals surface area (Å²) in [5, 5.41) is 10.2. The van der Waals surface area contributed by atoms with E-state index in [4.69, 9.17) is 4.74 Å². The number of hydrogen-bond donors (Lipinski definition) is 1. The topological polar surface area (TPSA) is 108 Å². The van der Waals surface area contributed by atoms with E-state index in [-0.39, 0.29) is 23.7 Å². The number of fused-ring (bicyclic) bond motifs is 1. The summed E-state index contributed by atoms with van der Waals surface area (Å²) in [4.78, 5) is 10.6. The van der Waals surface area contributed by atoms with Crippen LogP contribution in [-0.4, -0.2) is 30.2 Å². The molecule has 5 rings (SSSR count). The lowest BCUT2D eigenvalue weighted by molar-refractivity contribution is 0.362. The highest BCUT2D eigenvalue weighted by molar-refractivity contribution is 7.92. The summed E-state index contributed by atoms with van der Waals surface area (Å²) in [6, 6.07) is 16.2. The average molecular weight is 490 g/mol. The minimum absolute atomic E-state index is 0.0104. The SMILES string of the molecule is CCS(=O)(=O)Nc1ccc(C2C(C#N)c3ccc(Oc4ncccn4)cc3N2C2CCC2)cc1C. The van der Waals surface area contributed by atoms with Gasteiger partial charge in [-0.15, -0.1) is 0 Å². The minimum atomic E-state index is -3.37. The Morgan fingerprint density at radius 2 is 1.94 bits per heavy atom. The third kappa shape index (κ3) is 4.42. The van der Waals surface area contributed by atoms with Crippen LogP contribution >= 0.6 is 0 Å². The lowest BCUT2D eigenvalue weighted by atomic mass is 9.87. The highest BCUT2D eigenvalue weighted by atomic mass is 32.2. The molecule has 0 spiro atoms. The van der Waals surface area contributed by atoms with E-state index < -0.39 is 10.0 Å². The van der Waals surface area contributed by atoms with Crippen LogP contribution in [0.15, 0.2) is 54.9 Å². The molecule has 2 unspecified atom stereocenters. The molecular formula is C26H27N5O3S. The molecule has 1 aliphatic carbocycles. The molecule has 1 aromatic heterocycles. The number of ether oxygens (including phenoxy) is 1. The quantitative estimate of drug-likeness (QED) is 0.494. The van der Waals surface area contributed by atoms with Crippen molar-refractivity contribution in [3.63, 3.8) is 0 Å². The maximum atomic E-state index is 12.1. The molecule has 1 saturated carbocycles. The summed E-state index contributed by atoms with van der Waals surface area (Å²) in [7, 11) is -3.37. The van der Waals surface area contributed by atoms with Crippen LogP contribution < -0.4 is 14.4 Å². The molecule has 2 aromatic carbocycles. The Kier molecular flexibility index (Phi) is 6.07. The van der Waals surface area contributed by atoms with E-state index in [1.54, 1.807) is 31.5 Å². The van der Waals surface area contributed by atoms with Gasteiger partial charge in [-0.05, 0) is 68.0 Å². The zero-order valence-electron chi connectivity index (χ0n) is 19.7. The van der Waals surface area contributed by atoms with Crippen LogP contribution in [-0.2, 0) is 10.0 Å². The van der Waals surface area contributed by atoms with Gasteiger partial charge >= 0.3 is 6.01 Å². The van der Waals surface area contributed by atoms with E-state index >= 15 is 0 Å². The van der Waals surface area contributed by atoms with Gasteiger partial charge < -0.3 is 9.64 Å². The predicted octanol–water partition coefficient (Wildman–Crippen LogP) is 5.06. The molecule has 180 valence electrons. The van der Waals surface area contributed by atoms with Crippen molar-refractivity contribution in [2.45, 2.75) is 51.1 Å². The van der Waals surface area contributed by atoms with E-state index in [2.05, 4.69) is 25.7 Å². The van der Waals surface area contributed by atoms with Crippen molar-refractivity contribution in [1.29, 1.82) is 5.26 Å². The van der Waals surface area contributed by atoms with Crippen molar-refractivity contribution >= 4 is 21.4 Å². The number of aryl methyl sites for hydroxylation is 1. The van der Waals surface area contributed by atoms with Gasteiger partial charge in [0.05, 0.1) is 29.5 Å². The fourth-order valence-corrected chi connectivity index (χ4v) is 5.51. The third-order valence-corrected chi connectivity index (χ3v) is 8.12. The molecule has 35 heavy (non-hydrogen) atoms. The van der Waals surface area contributed by atoms with Crippen LogP contribution in [0.25, 0.3) is 0 Å². The average Bonchev–Trinajstić information content (AvgIpc) is 3.13. The summed E-state index contributed by atoms with van der Waals surface area (Å²) in [5.74, 6) is 0.276. The number of sulfonamides is 1. The first kappa shape index (κ1) is 23.1. The van der Waals surface area contributed by atoms with Crippen molar-refractivity contribution in [2.24, 2.45) is 0 Å². The largest absolute Gasteiger partial charge is 0.424 e. The molecule has 9 heteroatoms. The van der Waals surface area contributed by atoms with Crippen molar-refractivity contribution < 1.29 is 13.2 Å². The van der Waals surface area contributed by atoms with Crippen molar-refractivity contribution in [3.05, 3.63) is 71.5 Å². The van der Waals surface area contributed by atoms with Crippen molar-refractivity contribution in [3.8, 4) is 17.8 Å². The third-order valence-electron chi connectivity index (χ3n) is 6.83. The number of rotatable bonds is 7. The molecule has 1 fully saturated rings. The van der Waals surface area contributed by atoms with Gasteiger partial charge in [0.2, 0.25) is 10.0 Å². The molecule has 8 nitrogen and oxygen atoms in total. The lowest BCUT2D eigenvalue weighted by Crippen LogP contribution is -2.41. The molecule has 0 radical (unpaired) electrons. The van der Waals surface area contributed by atoms with Gasteiger partial charge in [-0.2, -0.15) is 5.26 Å². The zero-order chi connectivity index (χ0) is 24.6. The van der Waals surface area contributed by atoms with Crippen molar-refractivity contribution in [2.75, 3.05) is 15.4 Å². The smallest absolute Gasteiger partial charge is 0.321 e. The van der Waals surface area contributed by atoms with Gasteiger partial charge in [0.25, 0.3) is 0 Å². The molecule has 3 aromatic rings. The Bertz CT molecular complexity index is 1380. The van der Waals surface area contributed by atoms with Crippen LogP contribution in [0.4, 0.5) is 11.4 Å². The first-order chi connectivity index (χ1) is 16.9. The fourth-order valence-electron chi connectivity index (χ4n) is 4.80. The zero-order valence-corrected chi connectivity index (χ0v) is 20.5. The summed E-state index contributed by atoms with van der Waals surface area (Å²) in [6.07, 6.45) is 6.54. The van der Waals surface area contributed by atoms with Gasteiger partial charge in [-0.1, -0.05) is 18.2 Å². The number of aromatic nitrogens is 2. The molecule has 1 N–H and O–H groups in total. The molecule has 2 heterocycles. The van der Waals surface area contributed by atoms with E-state index in [1.165, 1.54) is 0 Å². The van der Waals surface area contributed by atoms with Gasteiger partial charge in [0.1, 0.15) is 5.75 Å². The maximum Gasteiger partial charge on any atom is 0.321 e. The second-order valence-electron chi connectivity index (χ2n) is 8.98. The Hall–Kier alpha value is -3.64. The number of nitrogens with one attached hydrogen (secondary N) is 1. The number of hydrogen-bond acceptors (Lipinski definition) is 7. The first-order valence-electron chi connectivity index (χ1n) is 11.8. The lowest BCUT2D eigenvalue weighted by Gasteiger charge is -2.41. The molecular weight excluding hydrogens is 462 g/mol. The van der Waals surface area contributed by atoms with Gasteiger partial charge in [0, 0.05) is 30.2 Å². The minimum Gasteiger partial charge on any atom is -0.424 e. The van der Waals surface area contributed by atoms with Gasteiger partial charge in [-0.25, -0.2) is 18.4 Å². The number of nitrogens with zero attached hydrogens (tertiary/aromatic N) is 4. The molecule has 0 bridgehead atoms. The summed E-state index contributed by atoms with van der Waals surface area (Å²) in [6.45, 7) is 3.50. The van der Waals surface area contributed by atoms with Gasteiger partial charge in [-0.3, -0.25) is 4.72 Å². The predicted molar refractivity (Wildman–Crippen MR) is 134 cm³/mol. The second-order valence-corrected chi connectivity index (χ2v) is 11.0. The maximum absolute atomic E-state index is 12.1. The molecule has 2 aliphatic rings. The Labute approximate surface area is 205 Å². The van der Waals surface area contributed by atoms with Crippen LogP contribution in [0, 0.1) is 18.3 Å². The molecule has 0 saturated heterocycles. The number of benzene rings is 2. The van der Waals surface area contributed by atoms with Crippen molar-refractivity contribution in [1.82, 2.24) is 9.97 Å². The summed E-state index contributed by atoms with van der Waals surface area (Å²) in [5.41, 5.74) is 4.34. The van der Waals surface area contributed by atoms with E-state index in [1.807, 2.05) is 37.3 Å². The molecule has 2 atom stereocenters. The summed E-state index contributed by atoms with van der Waals surface area (Å²) < 4.78 is 32.7. The van der Waals surface area contributed by atoms with Crippen LogP contribution in [0.2, 0.25) is 0 Å². The second kappa shape index (κ2) is 9.19. The first-order valence-corrected chi connectivity index (χ1v) is 13.4. The standard InChI is InChI=1S/C26H27N5O3S/c1-3-35(32,33)30-23-11-8-18(14-17(23)2)25-22(16-27)21-10-9-20(34-26-28-12-5-13-29-26)15-24(21)31(25)19-6-4-7-19/h5,8-15,19,22,25,30H,3-4,6-7H2,1-2H3. The normalized spacial score (nSPS) is 19.5. The van der Waals surface area contributed by atoms with Crippen LogP contribution in [0.3, 0.4) is 0 Å². The molecule has 0 amide bonds. The molecule has 1 aliphatic heterocycles. The Balaban J connectivity index is 1.53. The van der Waals surface area contributed by atoms with E-state index in [0.717, 1.165) is 41.6 Å². The summed E-state index contributed by atoms with van der Waals surface area (Å²) >= 11 is 0. The fraction of sp³-hybridized carbons (Fsp3) is 0.346. The highest BCUT2D eigenvalue weighted by Crippen LogP contribution is 2.53. The van der Waals surface area contributed by atoms with E-state index in [9.17, 15) is 13.7 Å². The Morgan fingerprint density at radius 3 is 2.57 bits per heavy atom. The van der Waals surface area contributed by atoms with Crippen LogP contribution in [0.5, 0.6) is 11.8 Å². The monoisotopic (exact) mass is 489 g/mol. The number of anilines is 2. The van der Waals surface area contributed by atoms with Crippen LogP contribution in [0.1, 0.15) is 54.8 Å². The highest BCUT2D eigenvalue weighted by Gasteiger charge is 2.44. The Morgan fingerprint density at radius 1 is 1.17 bits per heavy atom.